The Morgan fingerprint density at radius 2 is 2.03 bits per heavy atom. The summed E-state index contributed by atoms with van der Waals surface area (Å²) in [6.45, 7) is 3.99. The summed E-state index contributed by atoms with van der Waals surface area (Å²) in [6.07, 6.45) is 2.69. The minimum Gasteiger partial charge on any atom is -0.371 e. The first-order valence-corrected chi connectivity index (χ1v) is 10.6. The molecule has 1 fully saturated rings. The Bertz CT molecular complexity index is 913. The van der Waals surface area contributed by atoms with Gasteiger partial charge in [-0.1, -0.05) is 41.7 Å². The van der Waals surface area contributed by atoms with Gasteiger partial charge in [0.05, 0.1) is 12.4 Å². The van der Waals surface area contributed by atoms with Crippen molar-refractivity contribution < 1.29 is 9.84 Å². The topological polar surface area (TPSA) is 121 Å². The number of aliphatic hydroxyl groups excluding tert-OH is 1. The largest absolute Gasteiger partial charge is 0.371 e. The van der Waals surface area contributed by atoms with E-state index in [0.717, 1.165) is 25.1 Å². The summed E-state index contributed by atoms with van der Waals surface area (Å²) >= 11 is 1.35. The van der Waals surface area contributed by atoms with E-state index in [0.29, 0.717) is 22.8 Å². The minimum absolute atomic E-state index is 0.208. The standard InChI is InChI=1S/C19H24N8O2S/c1-2-29-15(13-6-4-3-5-7-13)16(28)23-19-26-25-18(30-19)22-14-8-11-27(12-14)17-20-9-10-21-24-17/h3-7,9-10,14-16,28H,2,8,11-12H2,1H3,(H,22,25)(H,23,26)/t14-,15-,16?/m1/s1. The fourth-order valence-electron chi connectivity index (χ4n) is 3.35. The predicted octanol–water partition coefficient (Wildman–Crippen LogP) is 1.92. The van der Waals surface area contributed by atoms with Crippen LogP contribution in [0.15, 0.2) is 42.7 Å². The van der Waals surface area contributed by atoms with Crippen molar-refractivity contribution in [1.82, 2.24) is 25.4 Å². The van der Waals surface area contributed by atoms with Gasteiger partial charge in [-0.3, -0.25) is 0 Å². The summed E-state index contributed by atoms with van der Waals surface area (Å²) in [4.78, 5) is 6.33. The number of ether oxygens (including phenoxy) is 1. The quantitative estimate of drug-likeness (QED) is 0.436. The molecular weight excluding hydrogens is 404 g/mol. The third-order valence-electron chi connectivity index (χ3n) is 4.73. The summed E-state index contributed by atoms with van der Waals surface area (Å²) in [6, 6.07) is 9.83. The van der Waals surface area contributed by atoms with Crippen molar-refractivity contribution >= 4 is 27.5 Å². The van der Waals surface area contributed by atoms with Crippen LogP contribution in [-0.2, 0) is 4.74 Å². The third-order valence-corrected chi connectivity index (χ3v) is 5.51. The Morgan fingerprint density at radius 1 is 1.20 bits per heavy atom. The SMILES string of the molecule is CCO[C@H](c1ccccc1)C(O)Nc1nnc(N[C@@H]2CCN(c3nccnn3)C2)s1. The molecule has 158 valence electrons. The van der Waals surface area contributed by atoms with Gasteiger partial charge in [0.1, 0.15) is 6.10 Å². The van der Waals surface area contributed by atoms with Crippen LogP contribution in [0.5, 0.6) is 0 Å². The van der Waals surface area contributed by atoms with Gasteiger partial charge in [0, 0.05) is 25.7 Å². The van der Waals surface area contributed by atoms with Crippen molar-refractivity contribution in [2.75, 3.05) is 35.2 Å². The normalized spacial score (nSPS) is 18.2. The number of rotatable bonds is 9. The van der Waals surface area contributed by atoms with Gasteiger partial charge in [0.25, 0.3) is 0 Å². The van der Waals surface area contributed by atoms with E-state index in [1.54, 1.807) is 12.4 Å². The molecule has 3 aromatic rings. The molecule has 0 saturated carbocycles. The molecule has 3 heterocycles. The van der Waals surface area contributed by atoms with E-state index in [-0.39, 0.29) is 6.04 Å². The molecule has 0 aliphatic carbocycles. The summed E-state index contributed by atoms with van der Waals surface area (Å²) in [5.74, 6) is 0.632. The van der Waals surface area contributed by atoms with Crippen molar-refractivity contribution in [3.63, 3.8) is 0 Å². The van der Waals surface area contributed by atoms with Crippen LogP contribution in [0.1, 0.15) is 25.0 Å². The highest BCUT2D eigenvalue weighted by molar-refractivity contribution is 7.19. The number of aromatic nitrogens is 5. The lowest BCUT2D eigenvalue weighted by molar-refractivity contribution is -0.0218. The van der Waals surface area contributed by atoms with Gasteiger partial charge in [0.2, 0.25) is 16.2 Å². The summed E-state index contributed by atoms with van der Waals surface area (Å²) < 4.78 is 5.74. The average Bonchev–Trinajstić information content (AvgIpc) is 3.43. The van der Waals surface area contributed by atoms with E-state index < -0.39 is 12.3 Å². The lowest BCUT2D eigenvalue weighted by Gasteiger charge is -2.23. The Hall–Kier alpha value is -2.89. The maximum atomic E-state index is 10.7. The Morgan fingerprint density at radius 3 is 2.80 bits per heavy atom. The molecule has 1 unspecified atom stereocenters. The molecule has 0 spiro atoms. The number of hydrogen-bond acceptors (Lipinski definition) is 11. The highest BCUT2D eigenvalue weighted by Crippen LogP contribution is 2.27. The maximum absolute atomic E-state index is 10.7. The molecule has 0 amide bonds. The van der Waals surface area contributed by atoms with Gasteiger partial charge in [-0.15, -0.1) is 15.3 Å². The molecule has 30 heavy (non-hydrogen) atoms. The fourth-order valence-corrected chi connectivity index (χ4v) is 4.11. The lowest BCUT2D eigenvalue weighted by atomic mass is 10.1. The first-order valence-electron chi connectivity index (χ1n) is 9.82. The number of anilines is 3. The van der Waals surface area contributed by atoms with Crippen LogP contribution in [0.3, 0.4) is 0 Å². The zero-order valence-electron chi connectivity index (χ0n) is 16.5. The summed E-state index contributed by atoms with van der Waals surface area (Å²) in [5.41, 5.74) is 0.894. The Balaban J connectivity index is 1.34. The van der Waals surface area contributed by atoms with E-state index >= 15 is 0 Å². The molecule has 1 saturated heterocycles. The van der Waals surface area contributed by atoms with Gasteiger partial charge < -0.3 is 25.4 Å². The van der Waals surface area contributed by atoms with Gasteiger partial charge >= 0.3 is 0 Å². The molecular formula is C19H24N8O2S. The van der Waals surface area contributed by atoms with Crippen LogP contribution >= 0.6 is 11.3 Å². The van der Waals surface area contributed by atoms with Crippen LogP contribution in [0.4, 0.5) is 16.2 Å². The van der Waals surface area contributed by atoms with Crippen LogP contribution < -0.4 is 15.5 Å². The van der Waals surface area contributed by atoms with E-state index in [1.165, 1.54) is 11.3 Å². The predicted molar refractivity (Wildman–Crippen MR) is 114 cm³/mol. The molecule has 1 aliphatic heterocycles. The molecule has 2 aromatic heterocycles. The van der Waals surface area contributed by atoms with Crippen LogP contribution in [-0.4, -0.2) is 62.5 Å². The zero-order valence-corrected chi connectivity index (χ0v) is 17.4. The number of nitrogens with one attached hydrogen (secondary N) is 2. The highest BCUT2D eigenvalue weighted by Gasteiger charge is 2.26. The first-order chi connectivity index (χ1) is 14.7. The second-order valence-corrected chi connectivity index (χ2v) is 7.78. The van der Waals surface area contributed by atoms with Crippen molar-refractivity contribution in [1.29, 1.82) is 0 Å². The van der Waals surface area contributed by atoms with Crippen molar-refractivity contribution in [2.24, 2.45) is 0 Å². The number of benzene rings is 1. The van der Waals surface area contributed by atoms with Crippen molar-refractivity contribution in [3.8, 4) is 0 Å². The highest BCUT2D eigenvalue weighted by atomic mass is 32.1. The number of nitrogens with zero attached hydrogens (tertiary/aromatic N) is 6. The second-order valence-electron chi connectivity index (χ2n) is 6.81. The molecule has 0 radical (unpaired) electrons. The van der Waals surface area contributed by atoms with Gasteiger partial charge in [-0.25, -0.2) is 4.98 Å². The van der Waals surface area contributed by atoms with Crippen LogP contribution in [0.2, 0.25) is 0 Å². The molecule has 1 aliphatic rings. The summed E-state index contributed by atoms with van der Waals surface area (Å²) in [7, 11) is 0. The molecule has 10 nitrogen and oxygen atoms in total. The van der Waals surface area contributed by atoms with E-state index in [2.05, 4.69) is 40.9 Å². The lowest BCUT2D eigenvalue weighted by Crippen LogP contribution is -2.29. The summed E-state index contributed by atoms with van der Waals surface area (Å²) in [5, 5.41) is 34.5. The Kier molecular flexibility index (Phi) is 6.62. The van der Waals surface area contributed by atoms with Gasteiger partial charge in [0.15, 0.2) is 6.23 Å². The monoisotopic (exact) mass is 428 g/mol. The third kappa shape index (κ3) is 4.99. The molecule has 3 N–H and O–H groups in total. The fraction of sp³-hybridized carbons (Fsp3) is 0.421. The van der Waals surface area contributed by atoms with E-state index in [4.69, 9.17) is 4.74 Å². The molecule has 0 bridgehead atoms. The first kappa shape index (κ1) is 20.4. The molecule has 3 atom stereocenters. The number of hydrogen-bond donors (Lipinski definition) is 3. The van der Waals surface area contributed by atoms with Crippen molar-refractivity contribution in [3.05, 3.63) is 48.3 Å². The van der Waals surface area contributed by atoms with Gasteiger partial charge in [-0.05, 0) is 18.9 Å². The van der Waals surface area contributed by atoms with E-state index in [9.17, 15) is 5.11 Å². The number of aliphatic hydroxyl groups is 1. The van der Waals surface area contributed by atoms with Crippen molar-refractivity contribution in [2.45, 2.75) is 31.7 Å². The second kappa shape index (κ2) is 9.74. The molecule has 11 heteroatoms. The smallest absolute Gasteiger partial charge is 0.245 e. The minimum atomic E-state index is -0.946. The zero-order chi connectivity index (χ0) is 20.8. The van der Waals surface area contributed by atoms with Gasteiger partial charge in [-0.2, -0.15) is 5.10 Å². The van der Waals surface area contributed by atoms with Crippen LogP contribution in [0.25, 0.3) is 0 Å². The average molecular weight is 429 g/mol. The molecule has 1 aromatic carbocycles. The van der Waals surface area contributed by atoms with Crippen LogP contribution in [0, 0.1) is 0 Å². The van der Waals surface area contributed by atoms with E-state index in [1.807, 2.05) is 37.3 Å². The maximum Gasteiger partial charge on any atom is 0.245 e. The molecule has 4 rings (SSSR count). The Labute approximate surface area is 178 Å².